The van der Waals surface area contributed by atoms with Crippen LogP contribution in [0.15, 0.2) is 24.3 Å². The van der Waals surface area contributed by atoms with Gasteiger partial charge >= 0.3 is 0 Å². The molecule has 16 heavy (non-hydrogen) atoms. The third-order valence-corrected chi connectivity index (χ3v) is 4.65. The SMILES string of the molecule is Cc1ccc(CNC2C(C)(C)C2(C)C)cc1. The average molecular weight is 217 g/mol. The van der Waals surface area contributed by atoms with Gasteiger partial charge < -0.3 is 5.32 Å². The van der Waals surface area contributed by atoms with E-state index in [9.17, 15) is 0 Å². The molecule has 0 amide bonds. The third-order valence-electron chi connectivity index (χ3n) is 4.65. The number of benzene rings is 1. The van der Waals surface area contributed by atoms with E-state index in [4.69, 9.17) is 0 Å². The summed E-state index contributed by atoms with van der Waals surface area (Å²) < 4.78 is 0. The number of hydrogen-bond acceptors (Lipinski definition) is 1. The Kier molecular flexibility index (Phi) is 2.62. The van der Waals surface area contributed by atoms with Crippen molar-refractivity contribution in [1.82, 2.24) is 5.32 Å². The smallest absolute Gasteiger partial charge is 0.0208 e. The molecule has 0 spiro atoms. The molecule has 88 valence electrons. The molecule has 1 heteroatoms. The monoisotopic (exact) mass is 217 g/mol. The lowest BCUT2D eigenvalue weighted by atomic mass is 10.0. The fourth-order valence-electron chi connectivity index (χ4n) is 2.63. The van der Waals surface area contributed by atoms with Crippen LogP contribution in [0.1, 0.15) is 38.8 Å². The molecule has 1 saturated carbocycles. The van der Waals surface area contributed by atoms with Crippen molar-refractivity contribution in [2.75, 3.05) is 0 Å². The van der Waals surface area contributed by atoms with Crippen molar-refractivity contribution >= 4 is 0 Å². The maximum Gasteiger partial charge on any atom is 0.0208 e. The van der Waals surface area contributed by atoms with E-state index in [0.29, 0.717) is 16.9 Å². The van der Waals surface area contributed by atoms with Crippen LogP contribution in [0.2, 0.25) is 0 Å². The fourth-order valence-corrected chi connectivity index (χ4v) is 2.63. The first-order chi connectivity index (χ1) is 7.35. The Morgan fingerprint density at radius 3 is 1.94 bits per heavy atom. The van der Waals surface area contributed by atoms with Crippen LogP contribution in [-0.4, -0.2) is 6.04 Å². The Morgan fingerprint density at radius 2 is 1.50 bits per heavy atom. The van der Waals surface area contributed by atoms with Gasteiger partial charge in [0, 0.05) is 12.6 Å². The third kappa shape index (κ3) is 1.78. The Labute approximate surface area is 99.3 Å². The highest BCUT2D eigenvalue weighted by Gasteiger charge is 2.64. The molecular formula is C15H23N. The van der Waals surface area contributed by atoms with E-state index in [1.54, 1.807) is 0 Å². The second kappa shape index (κ2) is 3.59. The Bertz CT molecular complexity index is 359. The van der Waals surface area contributed by atoms with Gasteiger partial charge in [-0.15, -0.1) is 0 Å². The van der Waals surface area contributed by atoms with Gasteiger partial charge in [-0.3, -0.25) is 0 Å². The molecule has 0 aliphatic heterocycles. The molecule has 2 rings (SSSR count). The Morgan fingerprint density at radius 1 is 1.00 bits per heavy atom. The zero-order valence-electron chi connectivity index (χ0n) is 11.1. The lowest BCUT2D eigenvalue weighted by Gasteiger charge is -2.06. The molecular weight excluding hydrogens is 194 g/mol. The highest BCUT2D eigenvalue weighted by molar-refractivity contribution is 5.23. The van der Waals surface area contributed by atoms with Gasteiger partial charge in [0.1, 0.15) is 0 Å². The van der Waals surface area contributed by atoms with E-state index in [-0.39, 0.29) is 0 Å². The minimum Gasteiger partial charge on any atom is -0.309 e. The molecule has 1 N–H and O–H groups in total. The zero-order chi connectivity index (χ0) is 12.0. The van der Waals surface area contributed by atoms with Gasteiger partial charge in [-0.1, -0.05) is 57.5 Å². The number of nitrogens with one attached hydrogen (secondary N) is 1. The van der Waals surface area contributed by atoms with Crippen molar-refractivity contribution in [3.8, 4) is 0 Å². The lowest BCUT2D eigenvalue weighted by molar-refractivity contribution is 0.457. The summed E-state index contributed by atoms with van der Waals surface area (Å²) >= 11 is 0. The number of hydrogen-bond donors (Lipinski definition) is 1. The van der Waals surface area contributed by atoms with Crippen LogP contribution in [0.3, 0.4) is 0 Å². The maximum absolute atomic E-state index is 3.67. The summed E-state index contributed by atoms with van der Waals surface area (Å²) in [5.74, 6) is 0. The topological polar surface area (TPSA) is 12.0 Å². The van der Waals surface area contributed by atoms with Gasteiger partial charge in [0.2, 0.25) is 0 Å². The van der Waals surface area contributed by atoms with Crippen molar-refractivity contribution in [3.05, 3.63) is 35.4 Å². The van der Waals surface area contributed by atoms with E-state index in [0.717, 1.165) is 6.54 Å². The highest BCUT2D eigenvalue weighted by atomic mass is 15.0. The fraction of sp³-hybridized carbons (Fsp3) is 0.600. The average Bonchev–Trinajstić information content (AvgIpc) is 2.58. The van der Waals surface area contributed by atoms with Crippen molar-refractivity contribution in [1.29, 1.82) is 0 Å². The van der Waals surface area contributed by atoms with Crippen LogP contribution in [0.5, 0.6) is 0 Å². The van der Waals surface area contributed by atoms with Crippen LogP contribution in [0.4, 0.5) is 0 Å². The van der Waals surface area contributed by atoms with Crippen molar-refractivity contribution in [3.63, 3.8) is 0 Å². The minimum absolute atomic E-state index is 0.428. The molecule has 1 aromatic rings. The molecule has 1 aromatic carbocycles. The standard InChI is InChI=1S/C15H23N/c1-11-6-8-12(9-7-11)10-16-13-14(2,3)15(13,4)5/h6-9,13,16H,10H2,1-5H3. The van der Waals surface area contributed by atoms with Gasteiger partial charge in [-0.2, -0.15) is 0 Å². The molecule has 0 heterocycles. The molecule has 1 aliphatic carbocycles. The van der Waals surface area contributed by atoms with E-state index < -0.39 is 0 Å². The van der Waals surface area contributed by atoms with E-state index in [1.165, 1.54) is 11.1 Å². The normalized spacial score (nSPS) is 22.1. The number of rotatable bonds is 3. The summed E-state index contributed by atoms with van der Waals surface area (Å²) in [6.45, 7) is 12.5. The summed E-state index contributed by atoms with van der Waals surface area (Å²) in [6.07, 6.45) is 0. The van der Waals surface area contributed by atoms with Gasteiger partial charge in [0.15, 0.2) is 0 Å². The Balaban J connectivity index is 1.93. The van der Waals surface area contributed by atoms with Crippen LogP contribution in [-0.2, 0) is 6.54 Å². The van der Waals surface area contributed by atoms with Gasteiger partial charge in [0.25, 0.3) is 0 Å². The predicted molar refractivity (Wildman–Crippen MR) is 69.4 cm³/mol. The largest absolute Gasteiger partial charge is 0.309 e. The molecule has 0 atom stereocenters. The van der Waals surface area contributed by atoms with Crippen molar-refractivity contribution in [2.45, 2.75) is 47.2 Å². The van der Waals surface area contributed by atoms with Crippen LogP contribution in [0, 0.1) is 17.8 Å². The lowest BCUT2D eigenvalue weighted by Crippen LogP contribution is -2.21. The first-order valence-corrected chi connectivity index (χ1v) is 6.14. The van der Waals surface area contributed by atoms with Crippen LogP contribution < -0.4 is 5.32 Å². The Hall–Kier alpha value is -0.820. The summed E-state index contributed by atoms with van der Waals surface area (Å²) in [4.78, 5) is 0. The van der Waals surface area contributed by atoms with Gasteiger partial charge in [-0.05, 0) is 23.3 Å². The molecule has 0 radical (unpaired) electrons. The molecule has 1 aliphatic rings. The second-order valence-electron chi connectivity index (χ2n) is 6.24. The van der Waals surface area contributed by atoms with E-state index in [1.807, 2.05) is 0 Å². The molecule has 0 saturated heterocycles. The first kappa shape index (κ1) is 11.7. The molecule has 1 fully saturated rings. The summed E-state index contributed by atoms with van der Waals surface area (Å²) in [5, 5.41) is 3.67. The van der Waals surface area contributed by atoms with E-state index >= 15 is 0 Å². The molecule has 0 aromatic heterocycles. The van der Waals surface area contributed by atoms with E-state index in [2.05, 4.69) is 64.2 Å². The molecule has 0 bridgehead atoms. The minimum atomic E-state index is 0.428. The quantitative estimate of drug-likeness (QED) is 0.817. The molecule has 0 unspecified atom stereocenters. The zero-order valence-corrected chi connectivity index (χ0v) is 11.1. The summed E-state index contributed by atoms with van der Waals surface area (Å²) in [6, 6.07) is 9.43. The van der Waals surface area contributed by atoms with Crippen LogP contribution in [0.25, 0.3) is 0 Å². The maximum atomic E-state index is 3.67. The summed E-state index contributed by atoms with van der Waals surface area (Å²) in [7, 11) is 0. The highest BCUT2D eigenvalue weighted by Crippen LogP contribution is 2.62. The van der Waals surface area contributed by atoms with Crippen molar-refractivity contribution < 1.29 is 0 Å². The summed E-state index contributed by atoms with van der Waals surface area (Å²) in [5.41, 5.74) is 3.56. The predicted octanol–water partition coefficient (Wildman–Crippen LogP) is 3.52. The van der Waals surface area contributed by atoms with Crippen LogP contribution >= 0.6 is 0 Å². The van der Waals surface area contributed by atoms with Crippen molar-refractivity contribution in [2.24, 2.45) is 10.8 Å². The molecule has 1 nitrogen and oxygen atoms in total. The first-order valence-electron chi connectivity index (χ1n) is 6.14. The second-order valence-corrected chi connectivity index (χ2v) is 6.24. The van der Waals surface area contributed by atoms with Gasteiger partial charge in [-0.25, -0.2) is 0 Å². The van der Waals surface area contributed by atoms with Gasteiger partial charge in [0.05, 0.1) is 0 Å². The number of aryl methyl sites for hydroxylation is 1.